The van der Waals surface area contributed by atoms with Crippen molar-refractivity contribution in [2.45, 2.75) is 26.4 Å². The minimum absolute atomic E-state index is 0.434. The molecule has 120 valence electrons. The predicted molar refractivity (Wildman–Crippen MR) is 89.4 cm³/mol. The molecule has 0 saturated heterocycles. The molecule has 21 heavy (non-hydrogen) atoms. The molecule has 1 aromatic carbocycles. The zero-order valence-corrected chi connectivity index (χ0v) is 14.2. The molecule has 0 atom stereocenters. The fourth-order valence-electron chi connectivity index (χ4n) is 2.11. The normalized spacial score (nSPS) is 11.1. The predicted octanol–water partition coefficient (Wildman–Crippen LogP) is 2.94. The third kappa shape index (κ3) is 6.22. The van der Waals surface area contributed by atoms with Crippen LogP contribution in [0.15, 0.2) is 18.2 Å². The fourth-order valence-corrected chi connectivity index (χ4v) is 2.42. The van der Waals surface area contributed by atoms with E-state index in [4.69, 9.17) is 21.1 Å². The van der Waals surface area contributed by atoms with Crippen LogP contribution in [0.2, 0.25) is 5.02 Å². The first-order chi connectivity index (χ1) is 10.1. The minimum atomic E-state index is 0.434. The molecule has 0 fully saturated rings. The summed E-state index contributed by atoms with van der Waals surface area (Å²) < 4.78 is 10.4. The van der Waals surface area contributed by atoms with E-state index in [9.17, 15) is 0 Å². The molecule has 0 aliphatic heterocycles. The van der Waals surface area contributed by atoms with Crippen molar-refractivity contribution in [1.29, 1.82) is 0 Å². The topological polar surface area (TPSA) is 33.7 Å². The Labute approximate surface area is 133 Å². The van der Waals surface area contributed by atoms with Crippen LogP contribution >= 0.6 is 11.6 Å². The lowest BCUT2D eigenvalue weighted by Crippen LogP contribution is -2.32. The Morgan fingerprint density at radius 1 is 1.14 bits per heavy atom. The maximum Gasteiger partial charge on any atom is 0.0642 e. The van der Waals surface area contributed by atoms with Crippen LogP contribution < -0.4 is 10.2 Å². The second-order valence-corrected chi connectivity index (χ2v) is 5.66. The van der Waals surface area contributed by atoms with Gasteiger partial charge in [-0.05, 0) is 11.6 Å². The van der Waals surface area contributed by atoms with Gasteiger partial charge in [0, 0.05) is 39.9 Å². The van der Waals surface area contributed by atoms with E-state index in [1.165, 1.54) is 5.56 Å². The molecular formula is C16H27ClN2O2. The Bertz CT molecular complexity index is 405. The van der Waals surface area contributed by atoms with Crippen LogP contribution in [0.5, 0.6) is 0 Å². The molecule has 0 unspecified atom stereocenters. The first-order valence-corrected chi connectivity index (χ1v) is 7.71. The second-order valence-electron chi connectivity index (χ2n) is 5.26. The quantitative estimate of drug-likeness (QED) is 0.720. The lowest BCUT2D eigenvalue weighted by atomic mass is 10.1. The summed E-state index contributed by atoms with van der Waals surface area (Å²) in [6, 6.07) is 6.47. The van der Waals surface area contributed by atoms with Crippen LogP contribution in [0, 0.1) is 0 Å². The summed E-state index contributed by atoms with van der Waals surface area (Å²) in [5.41, 5.74) is 2.27. The van der Waals surface area contributed by atoms with Crippen molar-refractivity contribution in [3.05, 3.63) is 28.8 Å². The highest BCUT2D eigenvalue weighted by Gasteiger charge is 2.15. The Morgan fingerprint density at radius 3 is 2.29 bits per heavy atom. The van der Waals surface area contributed by atoms with Crippen LogP contribution in [-0.2, 0) is 16.0 Å². The largest absolute Gasteiger partial charge is 0.383 e. The summed E-state index contributed by atoms with van der Waals surface area (Å²) in [5.74, 6) is 0. The second kappa shape index (κ2) is 10.0. The van der Waals surface area contributed by atoms with E-state index in [2.05, 4.69) is 30.1 Å². The number of rotatable bonds is 10. The van der Waals surface area contributed by atoms with Crippen LogP contribution in [-0.4, -0.2) is 46.6 Å². The molecule has 0 aliphatic rings. The molecule has 5 heteroatoms. The number of benzene rings is 1. The van der Waals surface area contributed by atoms with Crippen molar-refractivity contribution in [3.8, 4) is 0 Å². The van der Waals surface area contributed by atoms with Crippen molar-refractivity contribution in [2.24, 2.45) is 0 Å². The number of nitrogens with one attached hydrogen (secondary N) is 1. The van der Waals surface area contributed by atoms with Gasteiger partial charge >= 0.3 is 0 Å². The number of ether oxygens (including phenoxy) is 2. The number of methoxy groups -OCH3 is 2. The van der Waals surface area contributed by atoms with Gasteiger partial charge in [-0.25, -0.2) is 0 Å². The highest BCUT2D eigenvalue weighted by Crippen LogP contribution is 2.30. The van der Waals surface area contributed by atoms with E-state index in [0.29, 0.717) is 19.3 Å². The monoisotopic (exact) mass is 314 g/mol. The molecule has 1 N–H and O–H groups in total. The Hall–Kier alpha value is -0.810. The highest BCUT2D eigenvalue weighted by atomic mass is 35.5. The highest BCUT2D eigenvalue weighted by molar-refractivity contribution is 6.33. The number of anilines is 1. The molecule has 0 aromatic heterocycles. The third-order valence-electron chi connectivity index (χ3n) is 3.22. The van der Waals surface area contributed by atoms with Gasteiger partial charge < -0.3 is 19.7 Å². The molecule has 0 aliphatic carbocycles. The molecule has 4 nitrogen and oxygen atoms in total. The Balaban J connectivity index is 2.96. The van der Waals surface area contributed by atoms with Crippen molar-refractivity contribution in [2.75, 3.05) is 45.4 Å². The van der Waals surface area contributed by atoms with E-state index in [1.807, 2.05) is 12.1 Å². The standard InChI is InChI=1S/C16H27ClN2O2/c1-13(2)18-12-14-6-5-7-15(17)16(14)19(8-10-20-3)9-11-21-4/h5-7,13,18H,8-12H2,1-4H3. The maximum atomic E-state index is 6.45. The van der Waals surface area contributed by atoms with Crippen molar-refractivity contribution >= 4 is 17.3 Å². The van der Waals surface area contributed by atoms with E-state index in [0.717, 1.165) is 30.3 Å². The van der Waals surface area contributed by atoms with Crippen LogP contribution in [0.1, 0.15) is 19.4 Å². The first-order valence-electron chi connectivity index (χ1n) is 7.33. The lowest BCUT2D eigenvalue weighted by molar-refractivity contribution is 0.190. The SMILES string of the molecule is COCCN(CCOC)c1c(Cl)cccc1CNC(C)C. The summed E-state index contributed by atoms with van der Waals surface area (Å²) in [4.78, 5) is 2.23. The average Bonchev–Trinajstić information content (AvgIpc) is 2.46. The van der Waals surface area contributed by atoms with E-state index < -0.39 is 0 Å². The molecule has 1 aromatic rings. The van der Waals surface area contributed by atoms with Gasteiger partial charge in [0.05, 0.1) is 23.9 Å². The van der Waals surface area contributed by atoms with Crippen LogP contribution in [0.3, 0.4) is 0 Å². The molecule has 0 saturated carbocycles. The van der Waals surface area contributed by atoms with Gasteiger partial charge in [-0.15, -0.1) is 0 Å². The van der Waals surface area contributed by atoms with Gasteiger partial charge in [0.1, 0.15) is 0 Å². The zero-order valence-electron chi connectivity index (χ0n) is 13.5. The van der Waals surface area contributed by atoms with Crippen molar-refractivity contribution < 1.29 is 9.47 Å². The molecule has 0 bridgehead atoms. The number of halogens is 1. The van der Waals surface area contributed by atoms with Crippen LogP contribution in [0.4, 0.5) is 5.69 Å². The number of para-hydroxylation sites is 1. The summed E-state index contributed by atoms with van der Waals surface area (Å²) >= 11 is 6.45. The average molecular weight is 315 g/mol. The van der Waals surface area contributed by atoms with Crippen molar-refractivity contribution in [3.63, 3.8) is 0 Å². The van der Waals surface area contributed by atoms with Gasteiger partial charge in [0.2, 0.25) is 0 Å². The summed E-state index contributed by atoms with van der Waals surface area (Å²) in [5, 5.41) is 4.22. The van der Waals surface area contributed by atoms with Gasteiger partial charge in [0.25, 0.3) is 0 Å². The molecule has 0 spiro atoms. The fraction of sp³-hybridized carbons (Fsp3) is 0.625. The number of hydrogen-bond acceptors (Lipinski definition) is 4. The van der Waals surface area contributed by atoms with E-state index in [-0.39, 0.29) is 0 Å². The smallest absolute Gasteiger partial charge is 0.0642 e. The third-order valence-corrected chi connectivity index (χ3v) is 3.52. The number of nitrogens with zero attached hydrogens (tertiary/aromatic N) is 1. The molecule has 0 heterocycles. The zero-order chi connectivity index (χ0) is 15.7. The summed E-state index contributed by atoms with van der Waals surface area (Å²) in [6.07, 6.45) is 0. The van der Waals surface area contributed by atoms with E-state index >= 15 is 0 Å². The van der Waals surface area contributed by atoms with Gasteiger partial charge in [-0.2, -0.15) is 0 Å². The summed E-state index contributed by atoms with van der Waals surface area (Å²) in [7, 11) is 3.42. The van der Waals surface area contributed by atoms with Gasteiger partial charge in [-0.1, -0.05) is 37.6 Å². The van der Waals surface area contributed by atoms with Gasteiger partial charge in [-0.3, -0.25) is 0 Å². The molecule has 0 radical (unpaired) electrons. The lowest BCUT2D eigenvalue weighted by Gasteiger charge is -2.28. The first kappa shape index (κ1) is 18.2. The van der Waals surface area contributed by atoms with Crippen LogP contribution in [0.25, 0.3) is 0 Å². The van der Waals surface area contributed by atoms with Gasteiger partial charge in [0.15, 0.2) is 0 Å². The molecule has 1 rings (SSSR count). The molecule has 0 amide bonds. The molecular weight excluding hydrogens is 288 g/mol. The minimum Gasteiger partial charge on any atom is -0.383 e. The maximum absolute atomic E-state index is 6.45. The summed E-state index contributed by atoms with van der Waals surface area (Å²) in [6.45, 7) is 7.97. The van der Waals surface area contributed by atoms with E-state index in [1.54, 1.807) is 14.2 Å². The Morgan fingerprint density at radius 2 is 1.76 bits per heavy atom. The van der Waals surface area contributed by atoms with Crippen molar-refractivity contribution in [1.82, 2.24) is 5.32 Å². The Kier molecular flexibility index (Phi) is 8.69. The number of hydrogen-bond donors (Lipinski definition) is 1.